The molecule has 3 aromatic rings. The maximum Gasteiger partial charge on any atom is 0.264 e. The van der Waals surface area contributed by atoms with Crippen molar-refractivity contribution in [1.82, 2.24) is 9.79 Å². The van der Waals surface area contributed by atoms with Gasteiger partial charge in [0.25, 0.3) is 15.9 Å². The quantitative estimate of drug-likeness (QED) is 0.656. The van der Waals surface area contributed by atoms with E-state index in [4.69, 9.17) is 9.25 Å². The Morgan fingerprint density at radius 2 is 1.81 bits per heavy atom. The Labute approximate surface area is 157 Å². The number of carbonyl (C=O) groups excluding carboxylic acids is 1. The Kier molecular flexibility index (Phi) is 5.31. The molecule has 0 bridgehead atoms. The SMILES string of the molecule is CON(C)S(=O)(=O)c1ccc(C(=O)N[C@H](C)c2cc3ccccc3o2)cc1. The summed E-state index contributed by atoms with van der Waals surface area (Å²) in [7, 11) is -1.19. The van der Waals surface area contributed by atoms with Crippen LogP contribution in [0, 0.1) is 0 Å². The molecule has 8 heteroatoms. The standard InChI is InChI=1S/C19H20N2O5S/c1-13(18-12-15-6-4-5-7-17(15)26-18)20-19(22)14-8-10-16(11-9-14)27(23,24)21(2)25-3/h4-13H,1-3H3,(H,20,22)/t13-/m1/s1. The summed E-state index contributed by atoms with van der Waals surface area (Å²) in [6.07, 6.45) is 0. The third-order valence-electron chi connectivity index (χ3n) is 4.23. The van der Waals surface area contributed by atoms with Crippen molar-refractivity contribution in [2.24, 2.45) is 0 Å². The molecule has 0 unspecified atom stereocenters. The Balaban J connectivity index is 1.74. The fourth-order valence-electron chi connectivity index (χ4n) is 2.59. The van der Waals surface area contributed by atoms with Gasteiger partial charge in [-0.3, -0.25) is 9.63 Å². The van der Waals surface area contributed by atoms with E-state index in [9.17, 15) is 13.2 Å². The van der Waals surface area contributed by atoms with E-state index in [2.05, 4.69) is 5.32 Å². The summed E-state index contributed by atoms with van der Waals surface area (Å²) in [5.41, 5.74) is 1.10. The second kappa shape index (κ2) is 7.51. The molecule has 0 radical (unpaired) electrons. The van der Waals surface area contributed by atoms with Gasteiger partial charge in [0.1, 0.15) is 11.3 Å². The van der Waals surface area contributed by atoms with E-state index < -0.39 is 10.0 Å². The number of nitrogens with zero attached hydrogens (tertiary/aromatic N) is 1. The predicted octanol–water partition coefficient (Wildman–Crippen LogP) is 3.11. The van der Waals surface area contributed by atoms with Crippen LogP contribution in [-0.2, 0) is 14.9 Å². The molecule has 1 aromatic heterocycles. The zero-order valence-corrected chi connectivity index (χ0v) is 16.0. The smallest absolute Gasteiger partial charge is 0.264 e. The normalized spacial score (nSPS) is 13.0. The van der Waals surface area contributed by atoms with Gasteiger partial charge in [0.15, 0.2) is 0 Å². The van der Waals surface area contributed by atoms with Crippen LogP contribution in [0.1, 0.15) is 29.1 Å². The van der Waals surface area contributed by atoms with Crippen LogP contribution in [0.5, 0.6) is 0 Å². The van der Waals surface area contributed by atoms with Gasteiger partial charge in [0.2, 0.25) is 0 Å². The molecule has 0 spiro atoms. The second-order valence-corrected chi connectivity index (χ2v) is 7.94. The lowest BCUT2D eigenvalue weighted by Crippen LogP contribution is -2.27. The largest absolute Gasteiger partial charge is 0.459 e. The third kappa shape index (κ3) is 3.87. The highest BCUT2D eigenvalue weighted by Gasteiger charge is 2.21. The molecule has 0 aliphatic carbocycles. The van der Waals surface area contributed by atoms with Crippen molar-refractivity contribution in [3.8, 4) is 0 Å². The number of benzene rings is 2. The fourth-order valence-corrected chi connectivity index (χ4v) is 3.56. The van der Waals surface area contributed by atoms with Crippen LogP contribution in [0.3, 0.4) is 0 Å². The first-order chi connectivity index (χ1) is 12.8. The zero-order chi connectivity index (χ0) is 19.6. The molecule has 27 heavy (non-hydrogen) atoms. The molecule has 0 fully saturated rings. The zero-order valence-electron chi connectivity index (χ0n) is 15.2. The van der Waals surface area contributed by atoms with E-state index >= 15 is 0 Å². The maximum atomic E-state index is 12.5. The first-order valence-electron chi connectivity index (χ1n) is 8.25. The molecule has 1 atom stereocenters. The van der Waals surface area contributed by atoms with E-state index in [1.54, 1.807) is 0 Å². The summed E-state index contributed by atoms with van der Waals surface area (Å²) >= 11 is 0. The lowest BCUT2D eigenvalue weighted by atomic mass is 10.1. The van der Waals surface area contributed by atoms with Crippen molar-refractivity contribution in [2.45, 2.75) is 17.9 Å². The van der Waals surface area contributed by atoms with Crippen LogP contribution in [-0.4, -0.2) is 33.0 Å². The van der Waals surface area contributed by atoms with E-state index in [1.165, 1.54) is 38.4 Å². The van der Waals surface area contributed by atoms with Crippen molar-refractivity contribution in [3.63, 3.8) is 0 Å². The molecule has 0 saturated carbocycles. The Morgan fingerprint density at radius 1 is 1.15 bits per heavy atom. The van der Waals surface area contributed by atoms with Crippen molar-refractivity contribution in [1.29, 1.82) is 0 Å². The predicted molar refractivity (Wildman–Crippen MR) is 100 cm³/mol. The minimum Gasteiger partial charge on any atom is -0.459 e. The molecule has 1 amide bonds. The molecular formula is C19H20N2O5S. The van der Waals surface area contributed by atoms with Gasteiger partial charge >= 0.3 is 0 Å². The number of hydroxylamine groups is 1. The molecule has 0 aliphatic rings. The van der Waals surface area contributed by atoms with Crippen molar-refractivity contribution in [3.05, 3.63) is 65.9 Å². The number of fused-ring (bicyclic) bond motifs is 1. The molecule has 7 nitrogen and oxygen atoms in total. The third-order valence-corrected chi connectivity index (χ3v) is 5.92. The van der Waals surface area contributed by atoms with Gasteiger partial charge in [-0.15, -0.1) is 0 Å². The van der Waals surface area contributed by atoms with Gasteiger partial charge in [0.05, 0.1) is 18.0 Å². The van der Waals surface area contributed by atoms with Gasteiger partial charge in [-0.2, -0.15) is 0 Å². The number of para-hydroxylation sites is 1. The molecule has 0 aliphatic heterocycles. The van der Waals surface area contributed by atoms with Crippen LogP contribution in [0.4, 0.5) is 0 Å². The Morgan fingerprint density at radius 3 is 2.44 bits per heavy atom. The van der Waals surface area contributed by atoms with Crippen LogP contribution >= 0.6 is 0 Å². The molecule has 3 rings (SSSR count). The number of hydrogen-bond donors (Lipinski definition) is 1. The van der Waals surface area contributed by atoms with Gasteiger partial charge in [0, 0.05) is 18.0 Å². The number of hydrogen-bond acceptors (Lipinski definition) is 5. The number of furan rings is 1. The minimum atomic E-state index is -3.75. The average Bonchev–Trinajstić information content (AvgIpc) is 3.11. The summed E-state index contributed by atoms with van der Waals surface area (Å²) in [5, 5.41) is 3.81. The number of nitrogens with one attached hydrogen (secondary N) is 1. The summed E-state index contributed by atoms with van der Waals surface area (Å²) in [6.45, 7) is 1.82. The van der Waals surface area contributed by atoms with Gasteiger partial charge in [-0.1, -0.05) is 22.7 Å². The van der Waals surface area contributed by atoms with Crippen LogP contribution < -0.4 is 5.32 Å². The highest BCUT2D eigenvalue weighted by molar-refractivity contribution is 7.89. The maximum absolute atomic E-state index is 12.5. The monoisotopic (exact) mass is 388 g/mol. The average molecular weight is 388 g/mol. The first-order valence-corrected chi connectivity index (χ1v) is 9.69. The molecule has 1 N–H and O–H groups in total. The van der Waals surface area contributed by atoms with Crippen LogP contribution in [0.25, 0.3) is 11.0 Å². The van der Waals surface area contributed by atoms with Crippen molar-refractivity contribution in [2.75, 3.05) is 14.2 Å². The number of amides is 1. The molecule has 0 saturated heterocycles. The summed E-state index contributed by atoms with van der Waals surface area (Å²) in [5.74, 6) is 0.317. The fraction of sp³-hybridized carbons (Fsp3) is 0.211. The lowest BCUT2D eigenvalue weighted by Gasteiger charge is -2.15. The van der Waals surface area contributed by atoms with E-state index in [0.29, 0.717) is 11.3 Å². The number of carbonyl (C=O) groups is 1. The summed E-state index contributed by atoms with van der Waals surface area (Å²) < 4.78 is 30.9. The van der Waals surface area contributed by atoms with Gasteiger partial charge in [-0.25, -0.2) is 8.42 Å². The van der Waals surface area contributed by atoms with E-state index in [-0.39, 0.29) is 16.8 Å². The summed E-state index contributed by atoms with van der Waals surface area (Å²) in [6, 6.07) is 14.8. The molecule has 2 aromatic carbocycles. The number of rotatable bonds is 6. The van der Waals surface area contributed by atoms with E-state index in [1.807, 2.05) is 37.3 Å². The van der Waals surface area contributed by atoms with Gasteiger partial charge in [-0.05, 0) is 43.3 Å². The Hall–Kier alpha value is -2.68. The molecule has 142 valence electrons. The van der Waals surface area contributed by atoms with Crippen molar-refractivity contribution >= 4 is 26.9 Å². The van der Waals surface area contributed by atoms with Gasteiger partial charge < -0.3 is 9.73 Å². The summed E-state index contributed by atoms with van der Waals surface area (Å²) in [4.78, 5) is 17.2. The highest BCUT2D eigenvalue weighted by Crippen LogP contribution is 2.24. The first kappa shape index (κ1) is 19.1. The van der Waals surface area contributed by atoms with E-state index in [0.717, 1.165) is 15.4 Å². The highest BCUT2D eigenvalue weighted by atomic mass is 32.2. The van der Waals surface area contributed by atoms with Crippen LogP contribution in [0.2, 0.25) is 0 Å². The number of sulfonamides is 1. The van der Waals surface area contributed by atoms with Crippen LogP contribution in [0.15, 0.2) is 63.9 Å². The minimum absolute atomic E-state index is 0.0359. The molecule has 1 heterocycles. The Bertz CT molecular complexity index is 1020. The molecular weight excluding hydrogens is 368 g/mol. The van der Waals surface area contributed by atoms with Crippen molar-refractivity contribution < 1.29 is 22.5 Å². The lowest BCUT2D eigenvalue weighted by molar-refractivity contribution is -0.0258. The topological polar surface area (TPSA) is 88.8 Å². The second-order valence-electron chi connectivity index (χ2n) is 6.00.